The van der Waals surface area contributed by atoms with E-state index in [1.807, 2.05) is 36.4 Å². The van der Waals surface area contributed by atoms with Crippen LogP contribution in [0.1, 0.15) is 17.5 Å². The maximum atomic E-state index is 11.6. The second-order valence-electron chi connectivity index (χ2n) is 5.70. The van der Waals surface area contributed by atoms with E-state index in [0.717, 1.165) is 11.1 Å². The molecular weight excluding hydrogens is 290 g/mol. The molecule has 2 unspecified atom stereocenters. The van der Waals surface area contributed by atoms with Crippen molar-refractivity contribution in [1.82, 2.24) is 0 Å². The summed E-state index contributed by atoms with van der Waals surface area (Å²) in [5, 5.41) is 19.6. The number of phenols is 1. The van der Waals surface area contributed by atoms with Gasteiger partial charge in [0.2, 0.25) is 5.91 Å². The van der Waals surface area contributed by atoms with E-state index in [-0.39, 0.29) is 12.2 Å². The molecule has 121 valence electrons. The van der Waals surface area contributed by atoms with Crippen LogP contribution >= 0.6 is 0 Å². The lowest BCUT2D eigenvalue weighted by Crippen LogP contribution is -2.29. The van der Waals surface area contributed by atoms with Gasteiger partial charge in [-0.15, -0.1) is 0 Å². The summed E-state index contributed by atoms with van der Waals surface area (Å²) in [5.74, 6) is -0.763. The third-order valence-electron chi connectivity index (χ3n) is 3.79. The first kappa shape index (κ1) is 17.0. The van der Waals surface area contributed by atoms with E-state index in [9.17, 15) is 15.0 Å². The van der Waals surface area contributed by atoms with Gasteiger partial charge >= 0.3 is 0 Å². The Morgan fingerprint density at radius 1 is 1.09 bits per heavy atom. The summed E-state index contributed by atoms with van der Waals surface area (Å²) in [4.78, 5) is 11.6. The van der Waals surface area contributed by atoms with Crippen LogP contribution in [0.3, 0.4) is 0 Å². The van der Waals surface area contributed by atoms with Crippen molar-refractivity contribution in [3.05, 3.63) is 72.1 Å². The van der Waals surface area contributed by atoms with Crippen molar-refractivity contribution in [2.24, 2.45) is 11.7 Å². The molecule has 2 aromatic rings. The average Bonchev–Trinajstić information content (AvgIpc) is 2.53. The molecule has 0 aliphatic rings. The number of amides is 1. The summed E-state index contributed by atoms with van der Waals surface area (Å²) in [5.41, 5.74) is 7.38. The van der Waals surface area contributed by atoms with E-state index in [1.54, 1.807) is 24.6 Å². The molecule has 2 atom stereocenters. The first-order valence-electron chi connectivity index (χ1n) is 7.67. The number of hydrogen-bond donors (Lipinski definition) is 3. The molecule has 4 heteroatoms. The Hall–Kier alpha value is -2.33. The lowest BCUT2D eigenvalue weighted by atomic mass is 9.91. The molecule has 0 spiro atoms. The summed E-state index contributed by atoms with van der Waals surface area (Å²) >= 11 is 0. The third-order valence-corrected chi connectivity index (χ3v) is 3.79. The highest BCUT2D eigenvalue weighted by Crippen LogP contribution is 2.19. The molecule has 0 aromatic heterocycles. The van der Waals surface area contributed by atoms with Crippen LogP contribution < -0.4 is 5.73 Å². The summed E-state index contributed by atoms with van der Waals surface area (Å²) < 4.78 is 0. The normalized spacial score (nSPS) is 13.4. The smallest absolute Gasteiger partial charge is 0.220 e. The number of nitrogens with two attached hydrogens (primary N) is 1. The van der Waals surface area contributed by atoms with Gasteiger partial charge in [-0.2, -0.15) is 0 Å². The average molecular weight is 312 g/mol. The maximum absolute atomic E-state index is 11.6. The zero-order chi connectivity index (χ0) is 16.7. The van der Waals surface area contributed by atoms with Crippen LogP contribution in [0.15, 0.2) is 54.6 Å². The van der Waals surface area contributed by atoms with Crippen LogP contribution in [0.2, 0.25) is 0 Å². The monoisotopic (exact) mass is 312 g/mol. The molecule has 0 saturated carbocycles. The number of aliphatic hydroxyl groups excluding tert-OH is 1. The van der Waals surface area contributed by atoms with Gasteiger partial charge in [-0.25, -0.2) is 0 Å². The summed E-state index contributed by atoms with van der Waals surface area (Å²) in [6, 6.07) is 16.5. The SMILES string of the molecule is NC(=O)C(Cc1cccc(O)c1)CC(O)[CH]Cc1ccccc1. The Labute approximate surface area is 136 Å². The molecule has 0 bridgehead atoms. The standard InChI is InChI=1S/C19H22NO3/c20-19(23)16(11-15-7-4-8-17(21)12-15)13-18(22)10-9-14-5-2-1-3-6-14/h1-8,10,12,16,18,21-22H,9,11,13H2,(H2,20,23). The Morgan fingerprint density at radius 3 is 2.43 bits per heavy atom. The van der Waals surface area contributed by atoms with E-state index in [0.29, 0.717) is 12.8 Å². The Morgan fingerprint density at radius 2 is 1.78 bits per heavy atom. The van der Waals surface area contributed by atoms with Gasteiger partial charge in [0.05, 0.1) is 6.10 Å². The fraction of sp³-hybridized carbons (Fsp3) is 0.263. The minimum Gasteiger partial charge on any atom is -0.508 e. The fourth-order valence-electron chi connectivity index (χ4n) is 2.54. The number of benzene rings is 2. The molecule has 2 rings (SSSR count). The van der Waals surface area contributed by atoms with Gasteiger partial charge < -0.3 is 15.9 Å². The topological polar surface area (TPSA) is 83.6 Å². The number of aromatic hydroxyl groups is 1. The van der Waals surface area contributed by atoms with Crippen LogP contribution in [-0.4, -0.2) is 22.2 Å². The van der Waals surface area contributed by atoms with Crippen LogP contribution in [0.4, 0.5) is 0 Å². The van der Waals surface area contributed by atoms with Gasteiger partial charge in [0.25, 0.3) is 0 Å². The van der Waals surface area contributed by atoms with Crippen molar-refractivity contribution in [2.45, 2.75) is 25.4 Å². The third kappa shape index (κ3) is 5.75. The molecule has 23 heavy (non-hydrogen) atoms. The molecule has 4 N–H and O–H groups in total. The number of primary amides is 1. The second kappa shape index (κ2) is 8.34. The van der Waals surface area contributed by atoms with Gasteiger partial charge in [0.15, 0.2) is 0 Å². The van der Waals surface area contributed by atoms with E-state index in [2.05, 4.69) is 0 Å². The quantitative estimate of drug-likeness (QED) is 0.699. The largest absolute Gasteiger partial charge is 0.508 e. The molecule has 0 saturated heterocycles. The predicted molar refractivity (Wildman–Crippen MR) is 89.6 cm³/mol. The molecule has 1 amide bonds. The lowest BCUT2D eigenvalue weighted by Gasteiger charge is -2.18. The number of carbonyl (C=O) groups excluding carboxylic acids is 1. The van der Waals surface area contributed by atoms with Crippen molar-refractivity contribution in [3.8, 4) is 5.75 Å². The molecule has 4 nitrogen and oxygen atoms in total. The summed E-state index contributed by atoms with van der Waals surface area (Å²) in [6.45, 7) is 0. The molecule has 2 aromatic carbocycles. The van der Waals surface area contributed by atoms with Gasteiger partial charge in [-0.05, 0) is 48.9 Å². The van der Waals surface area contributed by atoms with Crippen molar-refractivity contribution in [2.75, 3.05) is 0 Å². The zero-order valence-corrected chi connectivity index (χ0v) is 12.9. The molecule has 0 fully saturated rings. The van der Waals surface area contributed by atoms with Gasteiger partial charge in [-0.1, -0.05) is 42.5 Å². The van der Waals surface area contributed by atoms with Crippen molar-refractivity contribution in [3.63, 3.8) is 0 Å². The fourth-order valence-corrected chi connectivity index (χ4v) is 2.54. The van der Waals surface area contributed by atoms with Crippen LogP contribution in [-0.2, 0) is 17.6 Å². The number of aliphatic hydroxyl groups is 1. The first-order valence-corrected chi connectivity index (χ1v) is 7.67. The maximum Gasteiger partial charge on any atom is 0.220 e. The predicted octanol–water partition coefficient (Wildman–Crippen LogP) is 2.23. The summed E-state index contributed by atoms with van der Waals surface area (Å²) in [7, 11) is 0. The molecule has 0 heterocycles. The molecule has 0 aliphatic carbocycles. The minimum atomic E-state index is -0.704. The number of hydrogen-bond acceptors (Lipinski definition) is 3. The van der Waals surface area contributed by atoms with Crippen LogP contribution in [0, 0.1) is 12.3 Å². The number of rotatable bonds is 8. The van der Waals surface area contributed by atoms with E-state index < -0.39 is 17.9 Å². The highest BCUT2D eigenvalue weighted by molar-refractivity contribution is 5.77. The molecule has 1 radical (unpaired) electrons. The van der Waals surface area contributed by atoms with Gasteiger partial charge in [0.1, 0.15) is 5.75 Å². The van der Waals surface area contributed by atoms with Gasteiger partial charge in [-0.3, -0.25) is 4.79 Å². The second-order valence-corrected chi connectivity index (χ2v) is 5.70. The molecule has 0 aliphatic heterocycles. The Balaban J connectivity index is 1.89. The van der Waals surface area contributed by atoms with Crippen LogP contribution in [0.25, 0.3) is 0 Å². The van der Waals surface area contributed by atoms with Crippen molar-refractivity contribution < 1.29 is 15.0 Å². The lowest BCUT2D eigenvalue weighted by molar-refractivity contribution is -0.122. The van der Waals surface area contributed by atoms with E-state index >= 15 is 0 Å². The Bertz CT molecular complexity index is 628. The van der Waals surface area contributed by atoms with Gasteiger partial charge in [0, 0.05) is 5.92 Å². The van der Waals surface area contributed by atoms with E-state index in [4.69, 9.17) is 5.73 Å². The highest BCUT2D eigenvalue weighted by atomic mass is 16.3. The zero-order valence-electron chi connectivity index (χ0n) is 12.9. The summed E-state index contributed by atoms with van der Waals surface area (Å²) in [6.07, 6.45) is 2.40. The van der Waals surface area contributed by atoms with Crippen molar-refractivity contribution >= 4 is 5.91 Å². The van der Waals surface area contributed by atoms with Crippen LogP contribution in [0.5, 0.6) is 5.75 Å². The molecular formula is C19H22NO3. The Kier molecular flexibility index (Phi) is 6.18. The first-order chi connectivity index (χ1) is 11.0. The minimum absolute atomic E-state index is 0.155. The van der Waals surface area contributed by atoms with E-state index in [1.165, 1.54) is 0 Å². The van der Waals surface area contributed by atoms with Crippen molar-refractivity contribution in [1.29, 1.82) is 0 Å². The highest BCUT2D eigenvalue weighted by Gasteiger charge is 2.20. The number of carbonyl (C=O) groups is 1. The number of phenolic OH excluding ortho intramolecular Hbond substituents is 1.